The van der Waals surface area contributed by atoms with Gasteiger partial charge in [0.2, 0.25) is 0 Å². The summed E-state index contributed by atoms with van der Waals surface area (Å²) in [5.74, 6) is 0. The Morgan fingerprint density at radius 1 is 1.00 bits per heavy atom. The van der Waals surface area contributed by atoms with Crippen LogP contribution in [0.5, 0.6) is 0 Å². The minimum atomic E-state index is 1.08. The number of nitrogens with zero attached hydrogens (tertiary/aromatic N) is 1. The molecule has 0 spiro atoms. The largest absolute Gasteiger partial charge is 0.309 e. The summed E-state index contributed by atoms with van der Waals surface area (Å²) in [6.07, 6.45) is 3.47. The smallest absolute Gasteiger partial charge is 0.0203 e. The summed E-state index contributed by atoms with van der Waals surface area (Å²) in [4.78, 5) is 4.98. The minimum absolute atomic E-state index is 1.08. The second-order valence-corrected chi connectivity index (χ2v) is 6.89. The highest BCUT2D eigenvalue weighted by Crippen LogP contribution is 2.45. The van der Waals surface area contributed by atoms with Crippen molar-refractivity contribution in [3.63, 3.8) is 0 Å². The van der Waals surface area contributed by atoms with Crippen LogP contribution in [0.1, 0.15) is 23.1 Å². The Morgan fingerprint density at radius 3 is 2.57 bits per heavy atom. The third-order valence-electron chi connectivity index (χ3n) is 3.75. The molecule has 2 aromatic carbocycles. The van der Waals surface area contributed by atoms with Crippen molar-refractivity contribution in [1.82, 2.24) is 4.90 Å². The molecule has 0 bridgehead atoms. The third kappa shape index (κ3) is 3.07. The Bertz CT molecular complexity index is 686. The van der Waals surface area contributed by atoms with Crippen LogP contribution < -0.4 is 0 Å². The molecule has 3 rings (SSSR count). The van der Waals surface area contributed by atoms with Crippen molar-refractivity contribution in [1.29, 1.82) is 0 Å². The minimum Gasteiger partial charge on any atom is -0.309 e. The molecular weight excluding hydrogens is 274 g/mol. The van der Waals surface area contributed by atoms with E-state index in [0.717, 1.165) is 13.0 Å². The van der Waals surface area contributed by atoms with Crippen molar-refractivity contribution in [2.24, 2.45) is 0 Å². The van der Waals surface area contributed by atoms with Gasteiger partial charge in [0.25, 0.3) is 0 Å². The molecule has 2 heteroatoms. The van der Waals surface area contributed by atoms with Crippen LogP contribution in [0.3, 0.4) is 0 Å². The highest BCUT2D eigenvalue weighted by atomic mass is 32.2. The Balaban J connectivity index is 2.05. The molecule has 108 valence electrons. The van der Waals surface area contributed by atoms with Crippen LogP contribution in [-0.2, 0) is 0 Å². The first-order valence-electron chi connectivity index (χ1n) is 7.38. The van der Waals surface area contributed by atoms with E-state index in [1.165, 1.54) is 32.1 Å². The first-order valence-corrected chi connectivity index (χ1v) is 8.20. The lowest BCUT2D eigenvalue weighted by molar-refractivity contribution is 0.417. The van der Waals surface area contributed by atoms with Gasteiger partial charge in [-0.3, -0.25) is 0 Å². The molecule has 0 aromatic heterocycles. The van der Waals surface area contributed by atoms with Gasteiger partial charge in [-0.25, -0.2) is 0 Å². The van der Waals surface area contributed by atoms with Gasteiger partial charge >= 0.3 is 0 Å². The van der Waals surface area contributed by atoms with E-state index < -0.39 is 0 Å². The van der Waals surface area contributed by atoms with E-state index in [0.29, 0.717) is 0 Å². The third-order valence-corrected chi connectivity index (χ3v) is 4.88. The predicted molar refractivity (Wildman–Crippen MR) is 92.0 cm³/mol. The lowest BCUT2D eigenvalue weighted by Gasteiger charge is -2.22. The van der Waals surface area contributed by atoms with Crippen LogP contribution in [0.25, 0.3) is 5.57 Å². The molecular formula is C19H21NS. The molecule has 1 heterocycles. The molecule has 1 aliphatic rings. The van der Waals surface area contributed by atoms with Crippen LogP contribution in [0.4, 0.5) is 0 Å². The molecule has 0 radical (unpaired) electrons. The molecule has 2 aromatic rings. The Labute approximate surface area is 131 Å². The summed E-state index contributed by atoms with van der Waals surface area (Å²) in [7, 11) is 4.25. The van der Waals surface area contributed by atoms with Crippen LogP contribution >= 0.6 is 11.8 Å². The fourth-order valence-electron chi connectivity index (χ4n) is 2.67. The zero-order chi connectivity index (χ0) is 14.8. The molecule has 0 unspecified atom stereocenters. The highest BCUT2D eigenvalue weighted by Gasteiger charge is 2.20. The molecule has 0 saturated heterocycles. The van der Waals surface area contributed by atoms with Gasteiger partial charge in [-0.05, 0) is 61.8 Å². The quantitative estimate of drug-likeness (QED) is 0.680. The van der Waals surface area contributed by atoms with Gasteiger partial charge < -0.3 is 4.90 Å². The summed E-state index contributed by atoms with van der Waals surface area (Å²) < 4.78 is 0. The second kappa shape index (κ2) is 6.08. The first kappa shape index (κ1) is 14.4. The van der Waals surface area contributed by atoms with Gasteiger partial charge in [0.05, 0.1) is 0 Å². The molecule has 1 aliphatic heterocycles. The van der Waals surface area contributed by atoms with Gasteiger partial charge in [0, 0.05) is 16.3 Å². The summed E-state index contributed by atoms with van der Waals surface area (Å²) in [5, 5.41) is 0. The first-order chi connectivity index (χ1) is 10.1. The summed E-state index contributed by atoms with van der Waals surface area (Å²) in [6.45, 7) is 3.25. The van der Waals surface area contributed by atoms with Crippen molar-refractivity contribution in [3.05, 3.63) is 65.2 Å². The van der Waals surface area contributed by atoms with Gasteiger partial charge in [0.15, 0.2) is 0 Å². The molecule has 0 atom stereocenters. The Hall–Kier alpha value is -1.51. The molecule has 0 N–H and O–H groups in total. The standard InChI is InChI=1S/C19H21NS/c1-14-10-11-17-15(8-6-12-20(2)3)16-7-4-5-9-18(16)21-19(17)13-14/h4-5,7-11,13H,6,12H2,1-3H3/b15-8+. The fourth-order valence-corrected chi connectivity index (χ4v) is 3.87. The lowest BCUT2D eigenvalue weighted by Crippen LogP contribution is -2.12. The van der Waals surface area contributed by atoms with Gasteiger partial charge in [0.1, 0.15) is 0 Å². The van der Waals surface area contributed by atoms with Crippen molar-refractivity contribution >= 4 is 17.3 Å². The zero-order valence-electron chi connectivity index (χ0n) is 12.9. The average Bonchev–Trinajstić information content (AvgIpc) is 2.46. The number of fused-ring (bicyclic) bond motifs is 2. The maximum absolute atomic E-state index is 2.40. The highest BCUT2D eigenvalue weighted by molar-refractivity contribution is 7.99. The molecule has 0 saturated carbocycles. The SMILES string of the molecule is Cc1ccc2c(c1)Sc1ccccc1/C2=C\CCN(C)C. The van der Waals surface area contributed by atoms with E-state index in [9.17, 15) is 0 Å². The Kier molecular flexibility index (Phi) is 4.18. The predicted octanol–water partition coefficient (Wildman–Crippen LogP) is 4.84. The van der Waals surface area contributed by atoms with E-state index in [2.05, 4.69) is 74.5 Å². The zero-order valence-corrected chi connectivity index (χ0v) is 13.7. The van der Waals surface area contributed by atoms with Crippen molar-refractivity contribution in [3.8, 4) is 0 Å². The van der Waals surface area contributed by atoms with Crippen molar-refractivity contribution < 1.29 is 0 Å². The van der Waals surface area contributed by atoms with E-state index in [1.54, 1.807) is 0 Å². The van der Waals surface area contributed by atoms with Crippen LogP contribution in [-0.4, -0.2) is 25.5 Å². The van der Waals surface area contributed by atoms with E-state index in [1.807, 2.05) is 11.8 Å². The number of benzene rings is 2. The average molecular weight is 295 g/mol. The second-order valence-electron chi connectivity index (χ2n) is 5.81. The number of hydrogen-bond acceptors (Lipinski definition) is 2. The number of rotatable bonds is 3. The summed E-state index contributed by atoms with van der Waals surface area (Å²) in [5.41, 5.74) is 5.47. The van der Waals surface area contributed by atoms with E-state index in [-0.39, 0.29) is 0 Å². The van der Waals surface area contributed by atoms with E-state index >= 15 is 0 Å². The van der Waals surface area contributed by atoms with Gasteiger partial charge in [-0.2, -0.15) is 0 Å². The maximum atomic E-state index is 2.40. The van der Waals surface area contributed by atoms with Gasteiger partial charge in [-0.15, -0.1) is 0 Å². The number of aryl methyl sites for hydroxylation is 1. The maximum Gasteiger partial charge on any atom is 0.0203 e. The normalized spacial score (nSPS) is 15.1. The molecule has 0 amide bonds. The van der Waals surface area contributed by atoms with Crippen LogP contribution in [0.15, 0.2) is 58.3 Å². The van der Waals surface area contributed by atoms with Crippen molar-refractivity contribution in [2.45, 2.75) is 23.1 Å². The molecule has 1 nitrogen and oxygen atoms in total. The van der Waals surface area contributed by atoms with Gasteiger partial charge in [-0.1, -0.05) is 48.2 Å². The lowest BCUT2D eigenvalue weighted by atomic mass is 9.95. The van der Waals surface area contributed by atoms with Crippen LogP contribution in [0, 0.1) is 6.92 Å². The fraction of sp³-hybridized carbons (Fsp3) is 0.263. The summed E-state index contributed by atoms with van der Waals surface area (Å²) >= 11 is 1.89. The van der Waals surface area contributed by atoms with E-state index in [4.69, 9.17) is 0 Å². The topological polar surface area (TPSA) is 3.24 Å². The van der Waals surface area contributed by atoms with Crippen LogP contribution in [0.2, 0.25) is 0 Å². The molecule has 21 heavy (non-hydrogen) atoms. The summed E-state index contributed by atoms with van der Waals surface area (Å²) in [6, 6.07) is 15.5. The molecule has 0 aliphatic carbocycles. The Morgan fingerprint density at radius 2 is 1.76 bits per heavy atom. The van der Waals surface area contributed by atoms with Crippen molar-refractivity contribution in [2.75, 3.05) is 20.6 Å². The molecule has 0 fully saturated rings. The monoisotopic (exact) mass is 295 g/mol. The number of hydrogen-bond donors (Lipinski definition) is 0.